The predicted molar refractivity (Wildman–Crippen MR) is 76.5 cm³/mol. The van der Waals surface area contributed by atoms with Gasteiger partial charge in [0.1, 0.15) is 18.5 Å². The lowest BCUT2D eigenvalue weighted by Crippen LogP contribution is -2.23. The Morgan fingerprint density at radius 3 is 2.37 bits per heavy atom. The third kappa shape index (κ3) is 5.59. The standard InChI is InChI=1S/C15H25NO3/c1-4-15(16-3)12-6-8-14(9-7-12)19-11-13(17)10-18-5-2/h6-9,13,15-17H,4-5,10-11H2,1-3H3. The second-order valence-electron chi connectivity index (χ2n) is 4.44. The van der Waals surface area contributed by atoms with Crippen molar-refractivity contribution in [1.29, 1.82) is 0 Å². The van der Waals surface area contributed by atoms with Gasteiger partial charge in [0.25, 0.3) is 0 Å². The second-order valence-corrected chi connectivity index (χ2v) is 4.44. The molecule has 0 saturated carbocycles. The zero-order chi connectivity index (χ0) is 14.1. The van der Waals surface area contributed by atoms with E-state index in [1.54, 1.807) is 0 Å². The van der Waals surface area contributed by atoms with Crippen LogP contribution in [0.5, 0.6) is 5.75 Å². The van der Waals surface area contributed by atoms with Crippen LogP contribution in [0, 0.1) is 0 Å². The number of hydrogen-bond donors (Lipinski definition) is 2. The molecule has 0 aliphatic carbocycles. The van der Waals surface area contributed by atoms with E-state index in [9.17, 15) is 5.11 Å². The average molecular weight is 267 g/mol. The first kappa shape index (κ1) is 16.0. The maximum atomic E-state index is 9.60. The van der Waals surface area contributed by atoms with E-state index in [-0.39, 0.29) is 6.61 Å². The lowest BCUT2D eigenvalue weighted by atomic mass is 10.1. The van der Waals surface area contributed by atoms with E-state index in [0.717, 1.165) is 12.2 Å². The first-order chi connectivity index (χ1) is 9.21. The largest absolute Gasteiger partial charge is 0.491 e. The predicted octanol–water partition coefficient (Wildman–Crippen LogP) is 2.13. The molecule has 0 saturated heterocycles. The molecule has 0 spiro atoms. The van der Waals surface area contributed by atoms with Gasteiger partial charge in [0, 0.05) is 12.6 Å². The molecule has 1 aromatic carbocycles. The number of ether oxygens (including phenoxy) is 2. The Balaban J connectivity index is 2.43. The molecule has 4 nitrogen and oxygen atoms in total. The summed E-state index contributed by atoms with van der Waals surface area (Å²) in [5, 5.41) is 12.9. The molecule has 1 aromatic rings. The number of hydrogen-bond acceptors (Lipinski definition) is 4. The fourth-order valence-electron chi connectivity index (χ4n) is 1.90. The Morgan fingerprint density at radius 1 is 1.16 bits per heavy atom. The normalized spacial score (nSPS) is 14.1. The van der Waals surface area contributed by atoms with Gasteiger partial charge in [-0.3, -0.25) is 0 Å². The van der Waals surface area contributed by atoms with Gasteiger partial charge in [-0.05, 0) is 38.1 Å². The molecular weight excluding hydrogens is 242 g/mol. The van der Waals surface area contributed by atoms with Gasteiger partial charge in [-0.2, -0.15) is 0 Å². The van der Waals surface area contributed by atoms with E-state index in [0.29, 0.717) is 19.3 Å². The van der Waals surface area contributed by atoms with Crippen LogP contribution in [0.3, 0.4) is 0 Å². The number of aliphatic hydroxyl groups excluding tert-OH is 1. The van der Waals surface area contributed by atoms with Crippen molar-refractivity contribution >= 4 is 0 Å². The molecule has 4 heteroatoms. The molecular formula is C15H25NO3. The van der Waals surface area contributed by atoms with Crippen LogP contribution in [0.15, 0.2) is 24.3 Å². The van der Waals surface area contributed by atoms with Gasteiger partial charge >= 0.3 is 0 Å². The van der Waals surface area contributed by atoms with Crippen LogP contribution in [-0.2, 0) is 4.74 Å². The summed E-state index contributed by atoms with van der Waals surface area (Å²) in [4.78, 5) is 0. The summed E-state index contributed by atoms with van der Waals surface area (Å²) in [6, 6.07) is 8.34. The van der Waals surface area contributed by atoms with Crippen molar-refractivity contribution in [3.8, 4) is 5.75 Å². The molecule has 1 rings (SSSR count). The van der Waals surface area contributed by atoms with Crippen LogP contribution in [-0.4, -0.2) is 38.1 Å². The third-order valence-corrected chi connectivity index (χ3v) is 3.00. The Hall–Kier alpha value is -1.10. The summed E-state index contributed by atoms with van der Waals surface area (Å²) in [5.74, 6) is 0.769. The van der Waals surface area contributed by atoms with E-state index in [1.807, 2.05) is 26.1 Å². The number of benzene rings is 1. The highest BCUT2D eigenvalue weighted by Crippen LogP contribution is 2.19. The first-order valence-electron chi connectivity index (χ1n) is 6.87. The Labute approximate surface area is 115 Å². The third-order valence-electron chi connectivity index (χ3n) is 3.00. The van der Waals surface area contributed by atoms with E-state index in [1.165, 1.54) is 5.56 Å². The molecule has 0 radical (unpaired) electrons. The molecule has 0 bridgehead atoms. The maximum absolute atomic E-state index is 9.60. The lowest BCUT2D eigenvalue weighted by Gasteiger charge is -2.15. The first-order valence-corrected chi connectivity index (χ1v) is 6.87. The summed E-state index contributed by atoms with van der Waals surface area (Å²) in [7, 11) is 1.96. The minimum atomic E-state index is -0.583. The van der Waals surface area contributed by atoms with Crippen molar-refractivity contribution in [3.05, 3.63) is 29.8 Å². The van der Waals surface area contributed by atoms with Crippen LogP contribution in [0.25, 0.3) is 0 Å². The number of nitrogens with one attached hydrogen (secondary N) is 1. The van der Waals surface area contributed by atoms with Gasteiger partial charge < -0.3 is 19.9 Å². The number of aliphatic hydroxyl groups is 1. The monoisotopic (exact) mass is 267 g/mol. The highest BCUT2D eigenvalue weighted by Gasteiger charge is 2.07. The minimum absolute atomic E-state index is 0.253. The van der Waals surface area contributed by atoms with E-state index < -0.39 is 6.10 Å². The van der Waals surface area contributed by atoms with Gasteiger partial charge in [-0.15, -0.1) is 0 Å². The molecule has 0 aromatic heterocycles. The van der Waals surface area contributed by atoms with Crippen molar-refractivity contribution in [2.45, 2.75) is 32.4 Å². The molecule has 108 valence electrons. The van der Waals surface area contributed by atoms with Crippen molar-refractivity contribution < 1.29 is 14.6 Å². The molecule has 2 unspecified atom stereocenters. The van der Waals surface area contributed by atoms with Gasteiger partial charge in [0.2, 0.25) is 0 Å². The fraction of sp³-hybridized carbons (Fsp3) is 0.600. The summed E-state index contributed by atoms with van der Waals surface area (Å²) >= 11 is 0. The van der Waals surface area contributed by atoms with Gasteiger partial charge in [0.05, 0.1) is 6.61 Å². The van der Waals surface area contributed by atoms with E-state index in [4.69, 9.17) is 9.47 Å². The van der Waals surface area contributed by atoms with Crippen LogP contribution in [0.2, 0.25) is 0 Å². The summed E-state index contributed by atoms with van der Waals surface area (Å²) < 4.78 is 10.6. The molecule has 0 heterocycles. The van der Waals surface area contributed by atoms with E-state index in [2.05, 4.69) is 24.4 Å². The van der Waals surface area contributed by atoms with Gasteiger partial charge in [-0.25, -0.2) is 0 Å². The van der Waals surface area contributed by atoms with Gasteiger partial charge in [0.15, 0.2) is 0 Å². The van der Waals surface area contributed by atoms with Crippen molar-refractivity contribution in [2.75, 3.05) is 26.9 Å². The molecule has 19 heavy (non-hydrogen) atoms. The average Bonchev–Trinajstić information content (AvgIpc) is 2.45. The SMILES string of the molecule is CCOCC(O)COc1ccc(C(CC)NC)cc1. The quantitative estimate of drug-likeness (QED) is 0.719. The van der Waals surface area contributed by atoms with Crippen molar-refractivity contribution in [2.24, 2.45) is 0 Å². The van der Waals surface area contributed by atoms with Gasteiger partial charge in [-0.1, -0.05) is 19.1 Å². The Kier molecular flexibility index (Phi) is 7.48. The van der Waals surface area contributed by atoms with Crippen molar-refractivity contribution in [3.63, 3.8) is 0 Å². The summed E-state index contributed by atoms with van der Waals surface area (Å²) in [6.45, 7) is 5.22. The fourth-order valence-corrected chi connectivity index (χ4v) is 1.90. The molecule has 2 atom stereocenters. The number of rotatable bonds is 9. The Bertz CT molecular complexity index is 336. The van der Waals surface area contributed by atoms with Crippen LogP contribution >= 0.6 is 0 Å². The smallest absolute Gasteiger partial charge is 0.119 e. The van der Waals surface area contributed by atoms with Crippen LogP contribution in [0.1, 0.15) is 31.9 Å². The highest BCUT2D eigenvalue weighted by atomic mass is 16.5. The molecule has 2 N–H and O–H groups in total. The Morgan fingerprint density at radius 2 is 1.84 bits per heavy atom. The van der Waals surface area contributed by atoms with Crippen molar-refractivity contribution in [1.82, 2.24) is 5.32 Å². The zero-order valence-electron chi connectivity index (χ0n) is 12.1. The maximum Gasteiger partial charge on any atom is 0.119 e. The molecule has 0 aliphatic heterocycles. The van der Waals surface area contributed by atoms with Crippen LogP contribution in [0.4, 0.5) is 0 Å². The lowest BCUT2D eigenvalue weighted by molar-refractivity contribution is 0.0164. The summed E-state index contributed by atoms with van der Waals surface area (Å²) in [5.41, 5.74) is 1.24. The molecule has 0 aliphatic rings. The topological polar surface area (TPSA) is 50.7 Å². The van der Waals surface area contributed by atoms with Crippen LogP contribution < -0.4 is 10.1 Å². The second kappa shape index (κ2) is 8.91. The minimum Gasteiger partial charge on any atom is -0.491 e. The molecule has 0 fully saturated rings. The zero-order valence-corrected chi connectivity index (χ0v) is 12.1. The molecule has 0 amide bonds. The highest BCUT2D eigenvalue weighted by molar-refractivity contribution is 5.29. The van der Waals surface area contributed by atoms with E-state index >= 15 is 0 Å². The summed E-state index contributed by atoms with van der Waals surface area (Å²) in [6.07, 6.45) is 0.462.